The van der Waals surface area contributed by atoms with Crippen molar-refractivity contribution in [2.24, 2.45) is 0 Å². The summed E-state index contributed by atoms with van der Waals surface area (Å²) in [5.41, 5.74) is 0. The van der Waals surface area contributed by atoms with Crippen molar-refractivity contribution in [2.45, 2.75) is 12.1 Å². The number of hydrogen-bond acceptors (Lipinski definition) is 8. The van der Waals surface area contributed by atoms with Crippen LogP contribution in [0.1, 0.15) is 6.92 Å². The predicted octanol–water partition coefficient (Wildman–Crippen LogP) is 0.00130. The third-order valence-electron chi connectivity index (χ3n) is 1.20. The summed E-state index contributed by atoms with van der Waals surface area (Å²) in [6, 6.07) is 0. The highest BCUT2D eigenvalue weighted by Gasteiger charge is 2.47. The van der Waals surface area contributed by atoms with Gasteiger partial charge >= 0.3 is 23.6 Å². The molecule has 0 aromatic carbocycles. The maximum absolute atomic E-state index is 11.3. The molecule has 0 aromatic rings. The van der Waals surface area contributed by atoms with Gasteiger partial charge in [-0.2, -0.15) is 12.6 Å². The topological polar surface area (TPSA) is 113 Å². The van der Waals surface area contributed by atoms with Crippen LogP contribution in [0.25, 0.3) is 0 Å². The summed E-state index contributed by atoms with van der Waals surface area (Å²) in [6.07, 6.45) is 0.676. The van der Waals surface area contributed by atoms with E-state index in [4.69, 9.17) is 0 Å². The van der Waals surface area contributed by atoms with E-state index in [1.165, 1.54) is 6.92 Å². The van der Waals surface area contributed by atoms with E-state index in [9.17, 15) is 21.4 Å². The van der Waals surface area contributed by atoms with Crippen molar-refractivity contribution in [1.82, 2.24) is 0 Å². The van der Waals surface area contributed by atoms with Gasteiger partial charge in [0.15, 0.2) is 0 Å². The fourth-order valence-electron chi connectivity index (χ4n) is 0.591. The van der Waals surface area contributed by atoms with E-state index in [2.05, 4.69) is 12.9 Å². The molecule has 0 radical (unpaired) electrons. The van der Waals surface area contributed by atoms with Crippen molar-refractivity contribution in [2.75, 3.05) is 20.0 Å². The Bertz CT molecular complexity index is 437. The minimum Gasteiger partial charge on any atom is -0.251 e. The summed E-state index contributed by atoms with van der Waals surface area (Å²) in [6.45, 7) is 1.43. The molecular formula is C5H12O8PS2+. The molecule has 0 rings (SSSR count). The molecule has 2 unspecified atom stereocenters. The standard InChI is InChI=1S/C5H12O8PS2/c1-4-12-14(6)5(15(3,7)8)13-16(9,10)11-2/h5H,4H2,1-3H3/q+1. The summed E-state index contributed by atoms with van der Waals surface area (Å²) >= 11 is 0. The molecule has 16 heavy (non-hydrogen) atoms. The maximum Gasteiger partial charge on any atom is 0.559 e. The Balaban J connectivity index is 5.07. The molecule has 0 N–H and O–H groups in total. The van der Waals surface area contributed by atoms with Gasteiger partial charge in [-0.15, -0.1) is 4.52 Å². The van der Waals surface area contributed by atoms with Gasteiger partial charge in [0.25, 0.3) is 0 Å². The molecule has 0 amide bonds. The van der Waals surface area contributed by atoms with Gasteiger partial charge in [0.2, 0.25) is 9.84 Å². The Morgan fingerprint density at radius 2 is 1.75 bits per heavy atom. The molecule has 0 aromatic heterocycles. The van der Waals surface area contributed by atoms with Gasteiger partial charge in [-0.1, -0.05) is 0 Å². The van der Waals surface area contributed by atoms with Crippen molar-refractivity contribution < 1.29 is 34.3 Å². The van der Waals surface area contributed by atoms with Crippen LogP contribution in [0.2, 0.25) is 0 Å². The maximum atomic E-state index is 11.3. The van der Waals surface area contributed by atoms with Crippen molar-refractivity contribution in [1.29, 1.82) is 0 Å². The van der Waals surface area contributed by atoms with Gasteiger partial charge < -0.3 is 0 Å². The number of rotatable bonds is 7. The first-order chi connectivity index (χ1) is 7.14. The van der Waals surface area contributed by atoms with Crippen LogP contribution < -0.4 is 0 Å². The van der Waals surface area contributed by atoms with Crippen molar-refractivity contribution in [3.05, 3.63) is 0 Å². The van der Waals surface area contributed by atoms with E-state index in [1.54, 1.807) is 0 Å². The first-order valence-electron chi connectivity index (χ1n) is 3.91. The lowest BCUT2D eigenvalue weighted by molar-refractivity contribution is 0.239. The lowest BCUT2D eigenvalue weighted by Gasteiger charge is -2.04. The average molecular weight is 295 g/mol. The second-order valence-corrected chi connectivity index (χ2v) is 7.59. The monoisotopic (exact) mass is 295 g/mol. The van der Waals surface area contributed by atoms with E-state index in [-0.39, 0.29) is 6.61 Å². The minimum atomic E-state index is -4.51. The zero-order valence-electron chi connectivity index (χ0n) is 8.81. The first kappa shape index (κ1) is 15.9. The number of hydrogen-bond donors (Lipinski definition) is 0. The fourth-order valence-corrected chi connectivity index (χ4v) is 4.14. The summed E-state index contributed by atoms with van der Waals surface area (Å²) in [5.74, 6) is 0. The lowest BCUT2D eigenvalue weighted by atomic mass is 10.9. The molecular weight excluding hydrogens is 283 g/mol. The quantitative estimate of drug-likeness (QED) is 0.603. The van der Waals surface area contributed by atoms with Crippen molar-refractivity contribution in [3.63, 3.8) is 0 Å². The SMILES string of the molecule is CCO[P+](=O)C(OS(=O)(=O)OC)S(C)(=O)=O. The molecule has 0 saturated carbocycles. The zero-order valence-corrected chi connectivity index (χ0v) is 11.3. The molecule has 0 fully saturated rings. The van der Waals surface area contributed by atoms with Crippen molar-refractivity contribution >= 4 is 28.3 Å². The Morgan fingerprint density at radius 1 is 1.25 bits per heavy atom. The highest BCUT2D eigenvalue weighted by Crippen LogP contribution is 2.34. The molecule has 96 valence electrons. The second-order valence-electron chi connectivity index (χ2n) is 2.51. The molecule has 2 atom stereocenters. The zero-order chi connectivity index (χ0) is 13.0. The van der Waals surface area contributed by atoms with Crippen LogP contribution in [0.5, 0.6) is 0 Å². The third-order valence-corrected chi connectivity index (χ3v) is 5.76. The largest absolute Gasteiger partial charge is 0.559 e. The molecule has 0 saturated heterocycles. The van der Waals surface area contributed by atoms with Crippen LogP contribution in [0.3, 0.4) is 0 Å². The van der Waals surface area contributed by atoms with Gasteiger partial charge in [0, 0.05) is 6.26 Å². The normalized spacial score (nSPS) is 15.8. The van der Waals surface area contributed by atoms with Gasteiger partial charge in [-0.05, 0) is 11.5 Å². The van der Waals surface area contributed by atoms with E-state index in [0.717, 1.165) is 7.11 Å². The lowest BCUT2D eigenvalue weighted by Crippen LogP contribution is -2.24. The van der Waals surface area contributed by atoms with Gasteiger partial charge in [-0.25, -0.2) is 8.42 Å². The van der Waals surface area contributed by atoms with Crippen LogP contribution in [0.4, 0.5) is 0 Å². The van der Waals surface area contributed by atoms with Crippen LogP contribution in [0.15, 0.2) is 0 Å². The molecule has 0 aliphatic carbocycles. The van der Waals surface area contributed by atoms with Gasteiger partial charge in [-0.3, -0.25) is 4.18 Å². The summed E-state index contributed by atoms with van der Waals surface area (Å²) < 4.78 is 67.8. The Kier molecular flexibility index (Phi) is 5.94. The van der Waals surface area contributed by atoms with Gasteiger partial charge in [0.05, 0.1) is 13.7 Å². The summed E-state index contributed by atoms with van der Waals surface area (Å²) in [5, 5.41) is -2.10. The molecule has 0 spiro atoms. The summed E-state index contributed by atoms with van der Waals surface area (Å²) in [7, 11) is -10.6. The Morgan fingerprint density at radius 3 is 2.06 bits per heavy atom. The highest BCUT2D eigenvalue weighted by molar-refractivity contribution is 7.97. The van der Waals surface area contributed by atoms with Gasteiger partial charge in [0.1, 0.15) is 0 Å². The van der Waals surface area contributed by atoms with E-state index < -0.39 is 33.4 Å². The molecule has 0 bridgehead atoms. The average Bonchev–Trinajstić information content (AvgIpc) is 2.13. The predicted molar refractivity (Wildman–Crippen MR) is 54.9 cm³/mol. The smallest absolute Gasteiger partial charge is 0.251 e. The van der Waals surface area contributed by atoms with Crippen LogP contribution >= 0.6 is 8.03 Å². The van der Waals surface area contributed by atoms with E-state index in [1.807, 2.05) is 0 Å². The molecule has 0 heterocycles. The molecule has 0 aliphatic rings. The van der Waals surface area contributed by atoms with Crippen LogP contribution in [-0.4, -0.2) is 42.0 Å². The molecule has 0 aliphatic heterocycles. The molecule has 8 nitrogen and oxygen atoms in total. The van der Waals surface area contributed by atoms with E-state index >= 15 is 0 Å². The van der Waals surface area contributed by atoms with Crippen molar-refractivity contribution in [3.8, 4) is 0 Å². The van der Waals surface area contributed by atoms with E-state index in [0.29, 0.717) is 6.26 Å². The van der Waals surface area contributed by atoms with Crippen LogP contribution in [0, 0.1) is 0 Å². The first-order valence-corrected chi connectivity index (χ1v) is 8.44. The third kappa shape index (κ3) is 5.28. The second kappa shape index (κ2) is 5.99. The minimum absolute atomic E-state index is 0.0440. The van der Waals surface area contributed by atoms with Crippen LogP contribution in [-0.2, 0) is 37.7 Å². The summed E-state index contributed by atoms with van der Waals surface area (Å²) in [4.78, 5) is 0. The molecule has 11 heteroatoms. The highest BCUT2D eigenvalue weighted by atomic mass is 32.3. The fraction of sp³-hybridized carbons (Fsp3) is 1.00. The Hall–Kier alpha value is -0.120. The number of sulfone groups is 1. The Labute approximate surface area is 95.0 Å².